The molecule has 3 heterocycles. The van der Waals surface area contributed by atoms with E-state index in [9.17, 15) is 5.11 Å². The van der Waals surface area contributed by atoms with E-state index in [0.717, 1.165) is 31.3 Å². The van der Waals surface area contributed by atoms with Gasteiger partial charge in [0.25, 0.3) is 5.89 Å². The van der Waals surface area contributed by atoms with Crippen molar-refractivity contribution in [3.8, 4) is 17.4 Å². The molecule has 0 amide bonds. The maximum absolute atomic E-state index is 10.7. The van der Waals surface area contributed by atoms with Crippen LogP contribution in [-0.2, 0) is 6.42 Å². The molecule has 1 fully saturated rings. The molecular weight excluding hydrogens is 502 g/mol. The van der Waals surface area contributed by atoms with Crippen molar-refractivity contribution >= 4 is 34.1 Å². The second-order valence-corrected chi connectivity index (χ2v) is 9.78. The number of halogens is 1. The predicted molar refractivity (Wildman–Crippen MR) is 150 cm³/mol. The average Bonchev–Trinajstić information content (AvgIpc) is 3.59. The predicted octanol–water partition coefficient (Wildman–Crippen LogP) is 6.24. The van der Waals surface area contributed by atoms with Crippen molar-refractivity contribution in [1.82, 2.24) is 15.1 Å². The molecule has 6 rings (SSSR count). The van der Waals surface area contributed by atoms with Crippen molar-refractivity contribution < 1.29 is 18.7 Å². The Bertz CT molecular complexity index is 1510. The van der Waals surface area contributed by atoms with E-state index in [2.05, 4.69) is 57.6 Å². The van der Waals surface area contributed by atoms with Crippen LogP contribution in [0.25, 0.3) is 33.4 Å². The molecule has 2 aromatic heterocycles. The number of likely N-dealkylation sites (tertiary alicyclic amines) is 1. The van der Waals surface area contributed by atoms with E-state index in [0.29, 0.717) is 47.8 Å². The molecule has 0 bridgehead atoms. The minimum absolute atomic E-state index is 0. The molecule has 1 N–H and O–H groups in total. The van der Waals surface area contributed by atoms with Gasteiger partial charge in [0.05, 0.1) is 5.39 Å². The summed E-state index contributed by atoms with van der Waals surface area (Å²) >= 11 is 0. The van der Waals surface area contributed by atoms with Gasteiger partial charge in [0.15, 0.2) is 5.76 Å². The number of piperidine rings is 1. The highest BCUT2D eigenvalue weighted by atomic mass is 35.5. The molecule has 1 atom stereocenters. The number of aliphatic hydroxyl groups excluding tert-OH is 1. The fraction of sp³-hybridized carbons (Fsp3) is 0.333. The molecule has 198 valence electrons. The number of benzene rings is 3. The number of fused-ring (bicyclic) bond motifs is 2. The largest absolute Gasteiger partial charge is 0.490 e. The molecule has 1 saturated heterocycles. The Labute approximate surface area is 227 Å². The van der Waals surface area contributed by atoms with Crippen LogP contribution in [-0.4, -0.2) is 52.5 Å². The highest BCUT2D eigenvalue weighted by Crippen LogP contribution is 2.33. The van der Waals surface area contributed by atoms with E-state index >= 15 is 0 Å². The Morgan fingerprint density at radius 2 is 1.79 bits per heavy atom. The van der Waals surface area contributed by atoms with Gasteiger partial charge < -0.3 is 23.6 Å². The standard InChI is InChI=1S/C30H31N3O4.ClH/c1-2-29-31-32-30(37-29)28-17-25-26(8-5-9-27(25)36-28)35-19-24(34)18-33-14-12-21(13-15-33)23-11-10-20-6-3-4-7-22(20)16-23;/h3-11,16-17,21,24,34H,2,12-15,18-19H2,1H3;1H/t24-;/m0./s1. The van der Waals surface area contributed by atoms with E-state index < -0.39 is 6.10 Å². The summed E-state index contributed by atoms with van der Waals surface area (Å²) in [7, 11) is 0. The Kier molecular flexibility index (Phi) is 7.98. The lowest BCUT2D eigenvalue weighted by Gasteiger charge is -2.33. The van der Waals surface area contributed by atoms with Gasteiger partial charge in [-0.2, -0.15) is 0 Å². The minimum atomic E-state index is -0.582. The summed E-state index contributed by atoms with van der Waals surface area (Å²) in [6.45, 7) is 4.71. The summed E-state index contributed by atoms with van der Waals surface area (Å²) in [5, 5.41) is 22.2. The molecule has 1 aliphatic rings. The monoisotopic (exact) mass is 533 g/mol. The summed E-state index contributed by atoms with van der Waals surface area (Å²) in [5.74, 6) is 2.65. The maximum Gasteiger partial charge on any atom is 0.283 e. The SMILES string of the molecule is CCc1nnc(-c2cc3c(OC[C@@H](O)CN4CCC(c5ccc6ccccc6c5)CC4)cccc3o2)o1.Cl. The normalized spacial score (nSPS) is 15.5. The van der Waals surface area contributed by atoms with Crippen molar-refractivity contribution in [1.29, 1.82) is 0 Å². The van der Waals surface area contributed by atoms with Crippen molar-refractivity contribution in [2.75, 3.05) is 26.2 Å². The molecular formula is C30H32ClN3O4. The van der Waals surface area contributed by atoms with Gasteiger partial charge in [-0.3, -0.25) is 0 Å². The second-order valence-electron chi connectivity index (χ2n) is 9.78. The quantitative estimate of drug-likeness (QED) is 0.253. The minimum Gasteiger partial charge on any atom is -0.490 e. The molecule has 0 unspecified atom stereocenters. The lowest BCUT2D eigenvalue weighted by atomic mass is 9.88. The van der Waals surface area contributed by atoms with Gasteiger partial charge in [0.1, 0.15) is 24.0 Å². The Balaban J connectivity index is 0.00000294. The van der Waals surface area contributed by atoms with Gasteiger partial charge in [0, 0.05) is 19.0 Å². The molecule has 3 aromatic carbocycles. The number of hydrogen-bond donors (Lipinski definition) is 1. The molecule has 7 nitrogen and oxygen atoms in total. The summed E-state index contributed by atoms with van der Waals surface area (Å²) < 4.78 is 17.6. The van der Waals surface area contributed by atoms with Crippen LogP contribution < -0.4 is 4.74 Å². The number of aliphatic hydroxyl groups is 1. The summed E-state index contributed by atoms with van der Waals surface area (Å²) in [5.41, 5.74) is 2.09. The zero-order valence-corrected chi connectivity index (χ0v) is 22.2. The summed E-state index contributed by atoms with van der Waals surface area (Å²) in [4.78, 5) is 2.34. The third kappa shape index (κ3) is 5.55. The van der Waals surface area contributed by atoms with E-state index in [1.807, 2.05) is 31.2 Å². The number of aromatic nitrogens is 2. The Morgan fingerprint density at radius 1 is 0.974 bits per heavy atom. The van der Waals surface area contributed by atoms with Crippen molar-refractivity contribution in [3.63, 3.8) is 0 Å². The fourth-order valence-corrected chi connectivity index (χ4v) is 5.21. The Morgan fingerprint density at radius 3 is 2.58 bits per heavy atom. The molecule has 0 saturated carbocycles. The third-order valence-electron chi connectivity index (χ3n) is 7.23. The lowest BCUT2D eigenvalue weighted by molar-refractivity contribution is 0.0599. The third-order valence-corrected chi connectivity index (χ3v) is 7.23. The van der Waals surface area contributed by atoms with Gasteiger partial charge in [0.2, 0.25) is 5.89 Å². The van der Waals surface area contributed by atoms with E-state index in [1.165, 1.54) is 16.3 Å². The van der Waals surface area contributed by atoms with Crippen molar-refractivity contribution in [2.45, 2.75) is 38.2 Å². The van der Waals surface area contributed by atoms with Crippen molar-refractivity contribution in [3.05, 3.63) is 78.2 Å². The van der Waals surface area contributed by atoms with Gasteiger partial charge >= 0.3 is 0 Å². The number of rotatable bonds is 8. The molecule has 0 aliphatic carbocycles. The molecule has 8 heteroatoms. The van der Waals surface area contributed by atoms with Crippen LogP contribution in [0.3, 0.4) is 0 Å². The number of β-amino-alcohol motifs (C(OH)–C–C–N with tert-alkyl or cyclic N) is 1. The first kappa shape index (κ1) is 26.2. The smallest absolute Gasteiger partial charge is 0.283 e. The van der Waals surface area contributed by atoms with Gasteiger partial charge in [-0.15, -0.1) is 22.6 Å². The zero-order valence-electron chi connectivity index (χ0n) is 21.4. The first-order valence-corrected chi connectivity index (χ1v) is 13.0. The van der Waals surface area contributed by atoms with Crippen LogP contribution in [0.1, 0.15) is 37.1 Å². The average molecular weight is 534 g/mol. The van der Waals surface area contributed by atoms with Gasteiger partial charge in [-0.1, -0.05) is 55.5 Å². The van der Waals surface area contributed by atoms with Crippen molar-refractivity contribution in [2.24, 2.45) is 0 Å². The Hall–Kier alpha value is -3.39. The summed E-state index contributed by atoms with van der Waals surface area (Å²) in [6.07, 6.45) is 2.28. The number of nitrogens with zero attached hydrogens (tertiary/aromatic N) is 3. The topological polar surface area (TPSA) is 84.8 Å². The number of ether oxygens (including phenoxy) is 1. The van der Waals surface area contributed by atoms with Gasteiger partial charge in [-0.05, 0) is 60.3 Å². The molecule has 1 aliphatic heterocycles. The molecule has 38 heavy (non-hydrogen) atoms. The van der Waals surface area contributed by atoms with Gasteiger partial charge in [-0.25, -0.2) is 0 Å². The fourth-order valence-electron chi connectivity index (χ4n) is 5.21. The highest BCUT2D eigenvalue weighted by Gasteiger charge is 2.23. The molecule has 0 spiro atoms. The van der Waals surface area contributed by atoms with E-state index in [1.54, 1.807) is 0 Å². The maximum atomic E-state index is 10.7. The first-order chi connectivity index (χ1) is 18.2. The van der Waals surface area contributed by atoms with Crippen LogP contribution in [0.15, 0.2) is 75.6 Å². The zero-order chi connectivity index (χ0) is 25.2. The number of aryl methyl sites for hydroxylation is 1. The van der Waals surface area contributed by atoms with E-state index in [4.69, 9.17) is 13.6 Å². The lowest BCUT2D eigenvalue weighted by Crippen LogP contribution is -2.40. The summed E-state index contributed by atoms with van der Waals surface area (Å²) in [6, 6.07) is 22.8. The van der Waals surface area contributed by atoms with Crippen LogP contribution in [0.2, 0.25) is 0 Å². The van der Waals surface area contributed by atoms with Crippen LogP contribution in [0, 0.1) is 0 Å². The number of furan rings is 1. The number of hydrogen-bond acceptors (Lipinski definition) is 7. The van der Waals surface area contributed by atoms with Crippen LogP contribution >= 0.6 is 12.4 Å². The molecule has 0 radical (unpaired) electrons. The van der Waals surface area contributed by atoms with E-state index in [-0.39, 0.29) is 19.0 Å². The van der Waals surface area contributed by atoms with Crippen LogP contribution in [0.4, 0.5) is 0 Å². The molecule has 5 aromatic rings. The highest BCUT2D eigenvalue weighted by molar-refractivity contribution is 5.87. The van der Waals surface area contributed by atoms with Crippen LogP contribution in [0.5, 0.6) is 5.75 Å². The first-order valence-electron chi connectivity index (χ1n) is 13.0. The second kappa shape index (κ2) is 11.6.